The minimum Gasteiger partial charge on any atom is -0.390 e. The summed E-state index contributed by atoms with van der Waals surface area (Å²) in [6, 6.07) is 0. The zero-order chi connectivity index (χ0) is 9.73. The van der Waals surface area contributed by atoms with Gasteiger partial charge in [-0.05, 0) is 19.3 Å². The summed E-state index contributed by atoms with van der Waals surface area (Å²) in [6.07, 6.45) is 6.91. The molecule has 0 saturated heterocycles. The summed E-state index contributed by atoms with van der Waals surface area (Å²) in [5.74, 6) is 0.320. The highest BCUT2D eigenvalue weighted by Gasteiger charge is 2.31. The van der Waals surface area contributed by atoms with Gasteiger partial charge in [0.15, 0.2) is 0 Å². The highest BCUT2D eigenvalue weighted by atomic mass is 16.3. The fourth-order valence-corrected chi connectivity index (χ4v) is 1.95. The van der Waals surface area contributed by atoms with Gasteiger partial charge in [-0.2, -0.15) is 0 Å². The van der Waals surface area contributed by atoms with Crippen LogP contribution < -0.4 is 0 Å². The maximum absolute atomic E-state index is 11.0. The van der Waals surface area contributed by atoms with Crippen molar-refractivity contribution < 1.29 is 9.90 Å². The van der Waals surface area contributed by atoms with Crippen LogP contribution in [0.3, 0.4) is 0 Å². The average molecular weight is 184 g/mol. The second-order valence-electron chi connectivity index (χ2n) is 4.22. The Kier molecular flexibility index (Phi) is 3.91. The largest absolute Gasteiger partial charge is 0.390 e. The molecule has 0 unspecified atom stereocenters. The fourth-order valence-electron chi connectivity index (χ4n) is 1.95. The van der Waals surface area contributed by atoms with Crippen LogP contribution in [-0.2, 0) is 4.79 Å². The van der Waals surface area contributed by atoms with Gasteiger partial charge in [0.2, 0.25) is 0 Å². The summed E-state index contributed by atoms with van der Waals surface area (Å²) in [5, 5.41) is 10.1. The van der Waals surface area contributed by atoms with Crippen LogP contribution in [0.25, 0.3) is 0 Å². The minimum atomic E-state index is -0.511. The standard InChI is InChI=1S/C11H20O2/c1-2-3-4-7-11(13)8-5-10(12)6-9-11/h13H,2-9H2,1H3. The Morgan fingerprint density at radius 1 is 1.31 bits per heavy atom. The lowest BCUT2D eigenvalue weighted by atomic mass is 9.81. The second kappa shape index (κ2) is 4.75. The van der Waals surface area contributed by atoms with Gasteiger partial charge in [0, 0.05) is 12.8 Å². The summed E-state index contributed by atoms with van der Waals surface area (Å²) in [7, 11) is 0. The van der Waals surface area contributed by atoms with Gasteiger partial charge >= 0.3 is 0 Å². The van der Waals surface area contributed by atoms with Gasteiger partial charge in [-0.25, -0.2) is 0 Å². The predicted molar refractivity (Wildman–Crippen MR) is 52.6 cm³/mol. The van der Waals surface area contributed by atoms with E-state index in [9.17, 15) is 9.90 Å². The zero-order valence-corrected chi connectivity index (χ0v) is 8.51. The highest BCUT2D eigenvalue weighted by Crippen LogP contribution is 2.30. The van der Waals surface area contributed by atoms with E-state index in [1.807, 2.05) is 0 Å². The van der Waals surface area contributed by atoms with Crippen molar-refractivity contribution in [3.63, 3.8) is 0 Å². The van der Waals surface area contributed by atoms with Crippen LogP contribution in [-0.4, -0.2) is 16.5 Å². The molecule has 1 fully saturated rings. The van der Waals surface area contributed by atoms with Gasteiger partial charge in [0.05, 0.1) is 5.60 Å². The van der Waals surface area contributed by atoms with Crippen molar-refractivity contribution in [1.29, 1.82) is 0 Å². The highest BCUT2D eigenvalue weighted by molar-refractivity contribution is 5.79. The van der Waals surface area contributed by atoms with E-state index >= 15 is 0 Å². The summed E-state index contributed by atoms with van der Waals surface area (Å²) < 4.78 is 0. The average Bonchev–Trinajstić information content (AvgIpc) is 2.12. The van der Waals surface area contributed by atoms with E-state index in [0.717, 1.165) is 12.8 Å². The zero-order valence-electron chi connectivity index (χ0n) is 8.51. The third kappa shape index (κ3) is 3.47. The Morgan fingerprint density at radius 2 is 1.92 bits per heavy atom. The van der Waals surface area contributed by atoms with Crippen molar-refractivity contribution >= 4 is 5.78 Å². The second-order valence-corrected chi connectivity index (χ2v) is 4.22. The Bertz CT molecular complexity index is 165. The number of rotatable bonds is 4. The van der Waals surface area contributed by atoms with Crippen LogP contribution in [0.1, 0.15) is 58.3 Å². The summed E-state index contributed by atoms with van der Waals surface area (Å²) in [4.78, 5) is 11.0. The molecule has 2 heteroatoms. The lowest BCUT2D eigenvalue weighted by Crippen LogP contribution is -2.34. The monoisotopic (exact) mass is 184 g/mol. The van der Waals surface area contributed by atoms with E-state index < -0.39 is 5.60 Å². The fraction of sp³-hybridized carbons (Fsp3) is 0.909. The molecule has 0 spiro atoms. The van der Waals surface area contributed by atoms with Gasteiger partial charge < -0.3 is 5.11 Å². The van der Waals surface area contributed by atoms with E-state index in [-0.39, 0.29) is 0 Å². The van der Waals surface area contributed by atoms with Gasteiger partial charge in [-0.3, -0.25) is 4.79 Å². The smallest absolute Gasteiger partial charge is 0.133 e. The van der Waals surface area contributed by atoms with Crippen molar-refractivity contribution in [2.24, 2.45) is 0 Å². The first-order valence-corrected chi connectivity index (χ1v) is 5.40. The first-order valence-electron chi connectivity index (χ1n) is 5.40. The lowest BCUT2D eigenvalue weighted by Gasteiger charge is -2.31. The molecule has 0 bridgehead atoms. The molecular formula is C11H20O2. The number of aliphatic hydroxyl groups is 1. The van der Waals surface area contributed by atoms with E-state index in [0.29, 0.717) is 31.5 Å². The first-order chi connectivity index (χ1) is 6.16. The molecule has 0 aromatic heterocycles. The van der Waals surface area contributed by atoms with Crippen LogP contribution in [0.15, 0.2) is 0 Å². The predicted octanol–water partition coefficient (Wildman–Crippen LogP) is 2.44. The number of ketones is 1. The molecule has 0 amide bonds. The molecule has 1 aliphatic rings. The molecule has 1 rings (SSSR count). The Balaban J connectivity index is 2.26. The van der Waals surface area contributed by atoms with E-state index in [4.69, 9.17) is 0 Å². The van der Waals surface area contributed by atoms with Crippen LogP contribution >= 0.6 is 0 Å². The van der Waals surface area contributed by atoms with Gasteiger partial charge in [-0.15, -0.1) is 0 Å². The van der Waals surface area contributed by atoms with E-state index in [2.05, 4.69) is 6.92 Å². The molecule has 0 radical (unpaired) electrons. The molecule has 1 aliphatic carbocycles. The Labute approximate surface area is 80.3 Å². The summed E-state index contributed by atoms with van der Waals surface area (Å²) in [6.45, 7) is 2.16. The molecule has 0 aromatic carbocycles. The van der Waals surface area contributed by atoms with E-state index in [1.54, 1.807) is 0 Å². The number of hydrogen-bond donors (Lipinski definition) is 1. The van der Waals surface area contributed by atoms with Crippen molar-refractivity contribution in [2.75, 3.05) is 0 Å². The van der Waals surface area contributed by atoms with Crippen molar-refractivity contribution in [3.05, 3.63) is 0 Å². The molecule has 0 aliphatic heterocycles. The topological polar surface area (TPSA) is 37.3 Å². The van der Waals surface area contributed by atoms with Gasteiger partial charge in [-0.1, -0.05) is 26.2 Å². The maximum atomic E-state index is 11.0. The molecule has 76 valence electrons. The molecule has 2 nitrogen and oxygen atoms in total. The van der Waals surface area contributed by atoms with Crippen molar-refractivity contribution in [2.45, 2.75) is 63.9 Å². The third-order valence-electron chi connectivity index (χ3n) is 2.98. The Morgan fingerprint density at radius 3 is 2.46 bits per heavy atom. The normalized spacial score (nSPS) is 21.8. The summed E-state index contributed by atoms with van der Waals surface area (Å²) in [5.41, 5.74) is -0.511. The quantitative estimate of drug-likeness (QED) is 0.681. The van der Waals surface area contributed by atoms with Crippen molar-refractivity contribution in [1.82, 2.24) is 0 Å². The molecule has 1 N–H and O–H groups in total. The molecule has 13 heavy (non-hydrogen) atoms. The number of hydrogen-bond acceptors (Lipinski definition) is 2. The molecule has 0 heterocycles. The number of carbonyl (C=O) groups is 1. The minimum absolute atomic E-state index is 0.320. The first kappa shape index (κ1) is 10.7. The lowest BCUT2D eigenvalue weighted by molar-refractivity contribution is -0.125. The number of carbonyl (C=O) groups excluding carboxylic acids is 1. The van der Waals surface area contributed by atoms with Gasteiger partial charge in [0.25, 0.3) is 0 Å². The van der Waals surface area contributed by atoms with E-state index in [1.165, 1.54) is 12.8 Å². The third-order valence-corrected chi connectivity index (χ3v) is 2.98. The van der Waals surface area contributed by atoms with Crippen LogP contribution in [0.2, 0.25) is 0 Å². The molecule has 0 atom stereocenters. The SMILES string of the molecule is CCCCCC1(O)CCC(=O)CC1. The summed E-state index contributed by atoms with van der Waals surface area (Å²) >= 11 is 0. The molecule has 1 saturated carbocycles. The maximum Gasteiger partial charge on any atom is 0.133 e. The molecular weight excluding hydrogens is 164 g/mol. The Hall–Kier alpha value is -0.370. The van der Waals surface area contributed by atoms with Crippen LogP contribution in [0.4, 0.5) is 0 Å². The van der Waals surface area contributed by atoms with Crippen molar-refractivity contribution in [3.8, 4) is 0 Å². The number of Topliss-reactive ketones (excluding diaryl/α,β-unsaturated/α-hetero) is 1. The van der Waals surface area contributed by atoms with Gasteiger partial charge in [0.1, 0.15) is 5.78 Å². The van der Waals surface area contributed by atoms with Crippen LogP contribution in [0, 0.1) is 0 Å². The molecule has 0 aromatic rings. The van der Waals surface area contributed by atoms with Crippen LogP contribution in [0.5, 0.6) is 0 Å². The number of unbranched alkanes of at least 4 members (excludes halogenated alkanes) is 2.